The fraction of sp³-hybridized carbons (Fsp3) is 0.722. The van der Waals surface area contributed by atoms with Crippen molar-refractivity contribution in [2.45, 2.75) is 51.7 Å². The van der Waals surface area contributed by atoms with Crippen LogP contribution in [0.15, 0.2) is 0 Å². The number of nitrogens with two attached hydrogens (primary N) is 1. The van der Waals surface area contributed by atoms with Gasteiger partial charge in [-0.2, -0.15) is 15.0 Å². The molecule has 1 unspecified atom stereocenters. The normalized spacial score (nSPS) is 17.3. The van der Waals surface area contributed by atoms with Crippen molar-refractivity contribution in [2.24, 2.45) is 0 Å². The van der Waals surface area contributed by atoms with Crippen molar-refractivity contribution in [3.8, 4) is 12.0 Å². The number of unbranched alkanes of at least 4 members (excludes halogenated alkanes) is 1. The van der Waals surface area contributed by atoms with Crippen LogP contribution in [0.1, 0.15) is 39.0 Å². The van der Waals surface area contributed by atoms with Crippen LogP contribution in [0.2, 0.25) is 0 Å². The number of rotatable bonds is 10. The number of nitrogen functional groups attached to an aromatic ring is 1. The van der Waals surface area contributed by atoms with Gasteiger partial charge in [0.05, 0.1) is 39.6 Å². The van der Waals surface area contributed by atoms with E-state index in [0.29, 0.717) is 43.5 Å². The van der Waals surface area contributed by atoms with E-state index in [2.05, 4.69) is 21.9 Å². The Labute approximate surface area is 159 Å². The number of hydrogen-bond acceptors (Lipinski definition) is 8. The second-order valence-corrected chi connectivity index (χ2v) is 6.58. The van der Waals surface area contributed by atoms with Gasteiger partial charge in [-0.3, -0.25) is 4.57 Å². The number of methoxy groups -OCH3 is 1. The molecular weight excluding hydrogens is 350 g/mol. The summed E-state index contributed by atoms with van der Waals surface area (Å²) in [6.45, 7) is 5.11. The predicted molar refractivity (Wildman–Crippen MR) is 101 cm³/mol. The Bertz CT molecular complexity index is 730. The van der Waals surface area contributed by atoms with Crippen LogP contribution < -0.4 is 15.2 Å². The first-order valence-electron chi connectivity index (χ1n) is 9.62. The molecule has 0 amide bonds. The summed E-state index contributed by atoms with van der Waals surface area (Å²) in [6.07, 6.45) is 5.55. The third-order valence-corrected chi connectivity index (χ3v) is 4.51. The molecule has 1 atom stereocenters. The summed E-state index contributed by atoms with van der Waals surface area (Å²) in [4.78, 5) is 13.0. The maximum absolute atomic E-state index is 6.04. The molecule has 9 heteroatoms. The molecule has 27 heavy (non-hydrogen) atoms. The molecule has 150 valence electrons. The Morgan fingerprint density at radius 3 is 2.85 bits per heavy atom. The average Bonchev–Trinajstić information content (AvgIpc) is 3.04. The monoisotopic (exact) mass is 379 g/mol. The number of aromatic nitrogens is 4. The number of nitrogens with zero attached hydrogens (tertiary/aromatic N) is 4. The highest BCUT2D eigenvalue weighted by molar-refractivity contribution is 5.83. The van der Waals surface area contributed by atoms with Gasteiger partial charge in [-0.15, -0.1) is 0 Å². The van der Waals surface area contributed by atoms with Crippen molar-refractivity contribution in [1.29, 1.82) is 0 Å². The maximum atomic E-state index is 6.04. The van der Waals surface area contributed by atoms with Gasteiger partial charge in [0, 0.05) is 6.61 Å². The maximum Gasteiger partial charge on any atom is 0.320 e. The van der Waals surface area contributed by atoms with Crippen LogP contribution in [0.25, 0.3) is 11.2 Å². The number of ether oxygens (including phenoxy) is 4. The molecule has 9 nitrogen and oxygen atoms in total. The lowest BCUT2D eigenvalue weighted by Crippen LogP contribution is -2.25. The van der Waals surface area contributed by atoms with Crippen molar-refractivity contribution in [2.75, 3.05) is 39.3 Å². The van der Waals surface area contributed by atoms with Crippen molar-refractivity contribution < 1.29 is 18.9 Å². The van der Waals surface area contributed by atoms with Gasteiger partial charge in [0.15, 0.2) is 17.0 Å². The van der Waals surface area contributed by atoms with Gasteiger partial charge in [-0.25, -0.2) is 0 Å². The van der Waals surface area contributed by atoms with Gasteiger partial charge < -0.3 is 24.7 Å². The molecule has 2 aromatic heterocycles. The largest absolute Gasteiger partial charge is 0.468 e. The van der Waals surface area contributed by atoms with Crippen LogP contribution in [0.4, 0.5) is 5.82 Å². The molecule has 0 radical (unpaired) electrons. The van der Waals surface area contributed by atoms with E-state index in [4.69, 9.17) is 24.7 Å². The van der Waals surface area contributed by atoms with Crippen molar-refractivity contribution in [3.05, 3.63) is 0 Å². The molecule has 3 rings (SSSR count). The number of imidazole rings is 1. The second-order valence-electron chi connectivity index (χ2n) is 6.58. The van der Waals surface area contributed by atoms with Gasteiger partial charge in [0.2, 0.25) is 0 Å². The molecule has 2 N–H and O–H groups in total. The molecule has 1 saturated heterocycles. The molecule has 3 heterocycles. The Balaban J connectivity index is 1.68. The lowest BCUT2D eigenvalue weighted by Gasteiger charge is -2.22. The Hall–Kier alpha value is -2.13. The molecule has 1 aliphatic heterocycles. The third kappa shape index (κ3) is 4.98. The summed E-state index contributed by atoms with van der Waals surface area (Å²) in [5, 5.41) is 0. The highest BCUT2D eigenvalue weighted by atomic mass is 16.5. The highest BCUT2D eigenvalue weighted by Gasteiger charge is 2.18. The third-order valence-electron chi connectivity index (χ3n) is 4.51. The first kappa shape index (κ1) is 19.6. The average molecular weight is 379 g/mol. The standard InChI is InChI=1S/C18H29N5O4/c1-3-4-9-27-17-21-15(19)14-16(22-17)23(18(20-14)24-2)8-11-25-12-13-7-5-6-10-26-13/h13H,3-12H2,1-2H3,(H2,19,21,22). The van der Waals surface area contributed by atoms with Crippen LogP contribution in [0.5, 0.6) is 12.0 Å². The van der Waals surface area contributed by atoms with E-state index in [1.54, 1.807) is 7.11 Å². The summed E-state index contributed by atoms with van der Waals surface area (Å²) >= 11 is 0. The molecule has 0 aliphatic carbocycles. The molecule has 0 bridgehead atoms. The topological polar surface area (TPSA) is 107 Å². The Morgan fingerprint density at radius 1 is 1.22 bits per heavy atom. The van der Waals surface area contributed by atoms with Crippen molar-refractivity contribution in [1.82, 2.24) is 19.5 Å². The smallest absolute Gasteiger partial charge is 0.320 e. The Kier molecular flexibility index (Phi) is 7.05. The lowest BCUT2D eigenvalue weighted by molar-refractivity contribution is -0.0418. The van der Waals surface area contributed by atoms with Gasteiger partial charge in [0.1, 0.15) is 0 Å². The molecule has 0 spiro atoms. The molecular formula is C18H29N5O4. The second kappa shape index (κ2) is 9.70. The minimum absolute atomic E-state index is 0.191. The van der Waals surface area contributed by atoms with E-state index in [-0.39, 0.29) is 17.9 Å². The Morgan fingerprint density at radius 2 is 2.11 bits per heavy atom. The summed E-state index contributed by atoms with van der Waals surface area (Å²) in [5.41, 5.74) is 7.13. The van der Waals surface area contributed by atoms with Gasteiger partial charge in [-0.05, 0) is 25.7 Å². The van der Waals surface area contributed by atoms with Crippen LogP contribution in [0.3, 0.4) is 0 Å². The van der Waals surface area contributed by atoms with E-state index in [1.165, 1.54) is 6.42 Å². The zero-order valence-corrected chi connectivity index (χ0v) is 16.1. The number of anilines is 1. The predicted octanol–water partition coefficient (Wildman–Crippen LogP) is 2.18. The van der Waals surface area contributed by atoms with Gasteiger partial charge in [0.25, 0.3) is 6.01 Å². The summed E-state index contributed by atoms with van der Waals surface area (Å²) in [5.74, 6) is 0.278. The molecule has 0 saturated carbocycles. The van der Waals surface area contributed by atoms with E-state index < -0.39 is 0 Å². The van der Waals surface area contributed by atoms with E-state index in [9.17, 15) is 0 Å². The first-order chi connectivity index (χ1) is 13.2. The van der Waals surface area contributed by atoms with Crippen LogP contribution in [-0.4, -0.2) is 59.2 Å². The zero-order chi connectivity index (χ0) is 19.1. The fourth-order valence-electron chi connectivity index (χ4n) is 3.02. The number of fused-ring (bicyclic) bond motifs is 1. The molecule has 2 aromatic rings. The molecule has 1 aliphatic rings. The summed E-state index contributed by atoms with van der Waals surface area (Å²) < 4.78 is 24.3. The van der Waals surface area contributed by atoms with Crippen LogP contribution >= 0.6 is 0 Å². The highest BCUT2D eigenvalue weighted by Crippen LogP contribution is 2.25. The molecule has 0 aromatic carbocycles. The minimum Gasteiger partial charge on any atom is -0.468 e. The zero-order valence-electron chi connectivity index (χ0n) is 16.1. The first-order valence-corrected chi connectivity index (χ1v) is 9.62. The SMILES string of the molecule is CCCCOc1nc(N)c2nc(OC)n(CCOCC3CCCCO3)c2n1. The number of hydrogen-bond donors (Lipinski definition) is 1. The van der Waals surface area contributed by atoms with E-state index in [1.807, 2.05) is 4.57 Å². The van der Waals surface area contributed by atoms with E-state index >= 15 is 0 Å². The van der Waals surface area contributed by atoms with Gasteiger partial charge in [-0.1, -0.05) is 13.3 Å². The fourth-order valence-corrected chi connectivity index (χ4v) is 3.02. The minimum atomic E-state index is 0.191. The van der Waals surface area contributed by atoms with E-state index in [0.717, 1.165) is 32.3 Å². The quantitative estimate of drug-likeness (QED) is 0.626. The van der Waals surface area contributed by atoms with Crippen LogP contribution in [0, 0.1) is 0 Å². The van der Waals surface area contributed by atoms with Gasteiger partial charge >= 0.3 is 6.01 Å². The summed E-state index contributed by atoms with van der Waals surface area (Å²) in [7, 11) is 1.57. The van der Waals surface area contributed by atoms with Crippen LogP contribution in [-0.2, 0) is 16.0 Å². The summed E-state index contributed by atoms with van der Waals surface area (Å²) in [6, 6.07) is 0.683. The lowest BCUT2D eigenvalue weighted by atomic mass is 10.1. The van der Waals surface area contributed by atoms with Crippen molar-refractivity contribution in [3.63, 3.8) is 0 Å². The molecule has 1 fully saturated rings. The van der Waals surface area contributed by atoms with Crippen molar-refractivity contribution >= 4 is 17.0 Å².